The van der Waals surface area contributed by atoms with Crippen molar-refractivity contribution >= 4 is 5.78 Å². The molecule has 1 aromatic rings. The lowest BCUT2D eigenvalue weighted by molar-refractivity contribution is -0.0429. The molecule has 0 aliphatic heterocycles. The summed E-state index contributed by atoms with van der Waals surface area (Å²) in [6.45, 7) is 0. The summed E-state index contributed by atoms with van der Waals surface area (Å²) in [5.41, 5.74) is 7.21. The third-order valence-electron chi connectivity index (χ3n) is 6.08. The zero-order valence-corrected chi connectivity index (χ0v) is 11.9. The number of hydrogen-bond acceptors (Lipinski definition) is 2. The third kappa shape index (κ3) is 1.93. The molecule has 4 saturated carbocycles. The average Bonchev–Trinajstić information content (AvgIpc) is 2.46. The fourth-order valence-corrected chi connectivity index (χ4v) is 5.52. The van der Waals surface area contributed by atoms with Crippen molar-refractivity contribution < 1.29 is 4.79 Å². The molecule has 1 atom stereocenters. The molecule has 0 amide bonds. The summed E-state index contributed by atoms with van der Waals surface area (Å²) < 4.78 is 0. The predicted octanol–water partition coefficient (Wildman–Crippen LogP) is 3.27. The van der Waals surface area contributed by atoms with Gasteiger partial charge in [-0.1, -0.05) is 30.3 Å². The van der Waals surface area contributed by atoms with Gasteiger partial charge in [0.25, 0.3) is 0 Å². The van der Waals surface area contributed by atoms with E-state index in [1.165, 1.54) is 32.1 Å². The quantitative estimate of drug-likeness (QED) is 0.856. The summed E-state index contributed by atoms with van der Waals surface area (Å²) in [4.78, 5) is 12.6. The van der Waals surface area contributed by atoms with Crippen LogP contribution in [0.15, 0.2) is 30.3 Å². The van der Waals surface area contributed by atoms with Crippen LogP contribution in [0.5, 0.6) is 0 Å². The van der Waals surface area contributed by atoms with Gasteiger partial charge < -0.3 is 5.73 Å². The van der Waals surface area contributed by atoms with Crippen LogP contribution >= 0.6 is 0 Å². The predicted molar refractivity (Wildman–Crippen MR) is 79.3 cm³/mol. The van der Waals surface area contributed by atoms with Gasteiger partial charge in [0.15, 0.2) is 5.78 Å². The SMILES string of the molecule is NC(C(=O)c1ccccc1)C1C2CC3CC(C2)CC1C3. The highest BCUT2D eigenvalue weighted by Crippen LogP contribution is 2.57. The van der Waals surface area contributed by atoms with Crippen LogP contribution in [0.4, 0.5) is 0 Å². The molecule has 0 spiro atoms. The van der Waals surface area contributed by atoms with Crippen LogP contribution in [0.2, 0.25) is 0 Å². The van der Waals surface area contributed by atoms with E-state index in [9.17, 15) is 4.79 Å². The Hall–Kier alpha value is -1.15. The minimum absolute atomic E-state index is 0.156. The van der Waals surface area contributed by atoms with E-state index in [0.29, 0.717) is 17.8 Å². The number of carbonyl (C=O) groups is 1. The first kappa shape index (κ1) is 12.6. The van der Waals surface area contributed by atoms with E-state index < -0.39 is 0 Å². The van der Waals surface area contributed by atoms with Gasteiger partial charge in [-0.2, -0.15) is 0 Å². The smallest absolute Gasteiger partial charge is 0.179 e. The number of benzene rings is 1. The van der Waals surface area contributed by atoms with Gasteiger partial charge >= 0.3 is 0 Å². The maximum absolute atomic E-state index is 12.6. The van der Waals surface area contributed by atoms with Crippen LogP contribution in [-0.2, 0) is 0 Å². The number of ketones is 1. The van der Waals surface area contributed by atoms with Gasteiger partial charge in [0.2, 0.25) is 0 Å². The van der Waals surface area contributed by atoms with E-state index in [1.807, 2.05) is 30.3 Å². The lowest BCUT2D eigenvalue weighted by Crippen LogP contribution is -2.54. The van der Waals surface area contributed by atoms with Crippen molar-refractivity contribution in [3.63, 3.8) is 0 Å². The van der Waals surface area contributed by atoms with E-state index in [-0.39, 0.29) is 11.8 Å². The molecule has 4 aliphatic carbocycles. The van der Waals surface area contributed by atoms with Crippen molar-refractivity contribution in [1.82, 2.24) is 0 Å². The monoisotopic (exact) mass is 269 g/mol. The molecule has 1 unspecified atom stereocenters. The summed E-state index contributed by atoms with van der Waals surface area (Å²) in [5.74, 6) is 3.90. The Labute approximate surface area is 120 Å². The van der Waals surface area contributed by atoms with Gasteiger partial charge in [-0.05, 0) is 61.7 Å². The number of Topliss-reactive ketones (excluding diaryl/α,β-unsaturated/α-hetero) is 1. The second kappa shape index (κ2) is 4.70. The normalized spacial score (nSPS) is 39.8. The molecule has 5 rings (SSSR count). The molecule has 4 bridgehead atoms. The number of rotatable bonds is 3. The van der Waals surface area contributed by atoms with Gasteiger partial charge in [-0.25, -0.2) is 0 Å². The Morgan fingerprint density at radius 3 is 2.05 bits per heavy atom. The maximum atomic E-state index is 12.6. The molecule has 4 aliphatic rings. The lowest BCUT2D eigenvalue weighted by atomic mass is 9.50. The molecule has 2 N–H and O–H groups in total. The van der Waals surface area contributed by atoms with E-state index in [4.69, 9.17) is 5.73 Å². The van der Waals surface area contributed by atoms with Gasteiger partial charge in [0, 0.05) is 5.56 Å². The molecule has 0 heterocycles. The summed E-state index contributed by atoms with van der Waals surface area (Å²) >= 11 is 0. The first-order valence-corrected chi connectivity index (χ1v) is 8.07. The van der Waals surface area contributed by atoms with Crippen LogP contribution in [0.1, 0.15) is 42.5 Å². The third-order valence-corrected chi connectivity index (χ3v) is 6.08. The second-order valence-electron chi connectivity index (χ2n) is 7.26. The number of nitrogens with two attached hydrogens (primary N) is 1. The van der Waals surface area contributed by atoms with Gasteiger partial charge in [0.1, 0.15) is 0 Å². The zero-order valence-electron chi connectivity index (χ0n) is 11.9. The van der Waals surface area contributed by atoms with Gasteiger partial charge in [-0.3, -0.25) is 4.79 Å². The fourth-order valence-electron chi connectivity index (χ4n) is 5.52. The van der Waals surface area contributed by atoms with Crippen molar-refractivity contribution in [3.8, 4) is 0 Å². The van der Waals surface area contributed by atoms with Gasteiger partial charge in [-0.15, -0.1) is 0 Å². The molecule has 20 heavy (non-hydrogen) atoms. The van der Waals surface area contributed by atoms with E-state index >= 15 is 0 Å². The Kier molecular flexibility index (Phi) is 2.95. The Morgan fingerprint density at radius 1 is 0.950 bits per heavy atom. The summed E-state index contributed by atoms with van der Waals surface area (Å²) in [6, 6.07) is 9.32. The second-order valence-corrected chi connectivity index (χ2v) is 7.26. The molecular formula is C18H23NO. The highest BCUT2D eigenvalue weighted by molar-refractivity contribution is 6.00. The highest BCUT2D eigenvalue weighted by atomic mass is 16.1. The molecule has 0 saturated heterocycles. The molecule has 0 aromatic heterocycles. The van der Waals surface area contributed by atoms with Crippen LogP contribution in [0.25, 0.3) is 0 Å². The van der Waals surface area contributed by atoms with Gasteiger partial charge in [0.05, 0.1) is 6.04 Å². The molecule has 2 nitrogen and oxygen atoms in total. The summed E-state index contributed by atoms with van der Waals surface area (Å²) in [5, 5.41) is 0. The Balaban J connectivity index is 1.57. The first-order chi connectivity index (χ1) is 9.72. The molecule has 4 fully saturated rings. The molecule has 1 aromatic carbocycles. The molecular weight excluding hydrogens is 246 g/mol. The maximum Gasteiger partial charge on any atom is 0.179 e. The minimum Gasteiger partial charge on any atom is -0.321 e. The van der Waals surface area contributed by atoms with Crippen LogP contribution in [0.3, 0.4) is 0 Å². The van der Waals surface area contributed by atoms with Crippen LogP contribution in [0, 0.1) is 29.6 Å². The van der Waals surface area contributed by atoms with E-state index in [2.05, 4.69) is 0 Å². The Bertz CT molecular complexity index is 481. The highest BCUT2D eigenvalue weighted by Gasteiger charge is 2.51. The summed E-state index contributed by atoms with van der Waals surface area (Å²) in [7, 11) is 0. The van der Waals surface area contributed by atoms with Crippen LogP contribution in [-0.4, -0.2) is 11.8 Å². The van der Waals surface area contributed by atoms with E-state index in [1.54, 1.807) is 0 Å². The average molecular weight is 269 g/mol. The topological polar surface area (TPSA) is 43.1 Å². The van der Waals surface area contributed by atoms with Crippen molar-refractivity contribution in [3.05, 3.63) is 35.9 Å². The minimum atomic E-state index is -0.285. The largest absolute Gasteiger partial charge is 0.321 e. The van der Waals surface area contributed by atoms with Crippen molar-refractivity contribution in [2.24, 2.45) is 35.3 Å². The Morgan fingerprint density at radius 2 is 1.50 bits per heavy atom. The van der Waals surface area contributed by atoms with Crippen LogP contribution < -0.4 is 5.73 Å². The van der Waals surface area contributed by atoms with Crippen molar-refractivity contribution in [1.29, 1.82) is 0 Å². The fraction of sp³-hybridized carbons (Fsp3) is 0.611. The van der Waals surface area contributed by atoms with Crippen molar-refractivity contribution in [2.45, 2.75) is 38.1 Å². The van der Waals surface area contributed by atoms with Crippen molar-refractivity contribution in [2.75, 3.05) is 0 Å². The molecule has 0 radical (unpaired) electrons. The lowest BCUT2D eigenvalue weighted by Gasteiger charge is -2.55. The van der Waals surface area contributed by atoms with E-state index in [0.717, 1.165) is 17.4 Å². The zero-order chi connectivity index (χ0) is 13.7. The first-order valence-electron chi connectivity index (χ1n) is 8.07. The molecule has 2 heteroatoms. The standard InChI is InChI=1S/C18H23NO/c19-17(18(20)13-4-2-1-3-5-13)16-14-7-11-6-12(9-14)10-15(16)8-11/h1-5,11-12,14-17H,6-10,19H2. The number of carbonyl (C=O) groups excluding carboxylic acids is 1. The molecule has 106 valence electrons. The summed E-state index contributed by atoms with van der Waals surface area (Å²) in [6.07, 6.45) is 6.75. The number of hydrogen-bond donors (Lipinski definition) is 1.